The first kappa shape index (κ1) is 18.2. The first-order valence-corrected chi connectivity index (χ1v) is 9.96. The highest BCUT2D eigenvalue weighted by atomic mass is 32.1. The molecule has 0 unspecified atom stereocenters. The molecule has 0 radical (unpaired) electrons. The lowest BCUT2D eigenvalue weighted by Gasteiger charge is -2.09. The second-order valence-corrected chi connectivity index (χ2v) is 7.86. The van der Waals surface area contributed by atoms with Crippen LogP contribution in [0.1, 0.15) is 44.8 Å². The molecule has 2 heterocycles. The van der Waals surface area contributed by atoms with Crippen LogP contribution in [0.25, 0.3) is 11.0 Å². The summed E-state index contributed by atoms with van der Waals surface area (Å²) >= 11 is 1.43. The molecule has 2 aromatic heterocycles. The Kier molecular flexibility index (Phi) is 4.84. The van der Waals surface area contributed by atoms with Crippen LogP contribution in [0.3, 0.4) is 0 Å². The van der Waals surface area contributed by atoms with Crippen molar-refractivity contribution in [1.29, 1.82) is 5.26 Å². The summed E-state index contributed by atoms with van der Waals surface area (Å²) in [6, 6.07) is 9.27. The van der Waals surface area contributed by atoms with Crippen LogP contribution in [-0.2, 0) is 19.3 Å². The van der Waals surface area contributed by atoms with Gasteiger partial charge in [-0.15, -0.1) is 17.9 Å². The number of carbonyl (C=O) groups excluding carboxylic acids is 1. The molecule has 4 rings (SSSR count). The van der Waals surface area contributed by atoms with Gasteiger partial charge < -0.3 is 9.73 Å². The zero-order chi connectivity index (χ0) is 19.7. The second kappa shape index (κ2) is 7.45. The van der Waals surface area contributed by atoms with Gasteiger partial charge in [0.15, 0.2) is 0 Å². The van der Waals surface area contributed by atoms with Gasteiger partial charge in [-0.2, -0.15) is 5.26 Å². The van der Waals surface area contributed by atoms with Crippen LogP contribution < -0.4 is 10.9 Å². The number of nitriles is 1. The largest absolute Gasteiger partial charge is 0.422 e. The molecule has 0 atom stereocenters. The quantitative estimate of drug-likeness (QED) is 0.522. The number of benzene rings is 1. The molecule has 140 valence electrons. The van der Waals surface area contributed by atoms with Gasteiger partial charge in [0, 0.05) is 10.3 Å². The maximum atomic E-state index is 12.8. The number of para-hydroxylation sites is 1. The van der Waals surface area contributed by atoms with E-state index in [2.05, 4.69) is 18.0 Å². The maximum Gasteiger partial charge on any atom is 0.349 e. The number of rotatable bonds is 4. The summed E-state index contributed by atoms with van der Waals surface area (Å²) in [5.41, 5.74) is 2.10. The lowest BCUT2D eigenvalue weighted by atomic mass is 9.96. The number of aryl methyl sites for hydroxylation is 1. The van der Waals surface area contributed by atoms with E-state index in [0.29, 0.717) is 28.0 Å². The predicted octanol–water partition coefficient (Wildman–Crippen LogP) is 4.59. The average molecular weight is 390 g/mol. The van der Waals surface area contributed by atoms with Gasteiger partial charge in [0.2, 0.25) is 0 Å². The third kappa shape index (κ3) is 3.14. The summed E-state index contributed by atoms with van der Waals surface area (Å²) in [6.45, 7) is 3.71. The maximum absolute atomic E-state index is 12.8. The van der Waals surface area contributed by atoms with E-state index in [1.54, 1.807) is 18.2 Å². The summed E-state index contributed by atoms with van der Waals surface area (Å²) in [5, 5.41) is 13.5. The first-order valence-electron chi connectivity index (χ1n) is 9.15. The molecule has 0 saturated heterocycles. The topological polar surface area (TPSA) is 83.1 Å². The highest BCUT2D eigenvalue weighted by Crippen LogP contribution is 2.37. The van der Waals surface area contributed by atoms with Crippen molar-refractivity contribution in [3.63, 3.8) is 0 Å². The molecule has 6 heteroatoms. The van der Waals surface area contributed by atoms with Crippen LogP contribution in [0.4, 0.5) is 5.00 Å². The molecular weight excluding hydrogens is 372 g/mol. The number of hydrogen-bond donors (Lipinski definition) is 1. The number of carbonyl (C=O) groups is 1. The van der Waals surface area contributed by atoms with E-state index < -0.39 is 11.5 Å². The highest BCUT2D eigenvalue weighted by molar-refractivity contribution is 7.16. The van der Waals surface area contributed by atoms with Crippen molar-refractivity contribution < 1.29 is 9.21 Å². The van der Waals surface area contributed by atoms with Gasteiger partial charge in [0.05, 0.1) is 5.56 Å². The Hall–Kier alpha value is -3.17. The molecule has 5 nitrogen and oxygen atoms in total. The molecule has 1 N–H and O–H groups in total. The SMILES string of the molecule is C=CCc1cccc2cc(C(=O)Nc3sc4c(c3C#N)CCCC4)c(=O)oc12. The molecule has 3 aromatic rings. The van der Waals surface area contributed by atoms with E-state index >= 15 is 0 Å². The van der Waals surface area contributed by atoms with Gasteiger partial charge in [-0.25, -0.2) is 4.79 Å². The van der Waals surface area contributed by atoms with Crippen molar-refractivity contribution >= 4 is 33.2 Å². The number of thiophene rings is 1. The lowest BCUT2D eigenvalue weighted by Crippen LogP contribution is -2.20. The van der Waals surface area contributed by atoms with Gasteiger partial charge in [0.1, 0.15) is 22.2 Å². The molecule has 0 spiro atoms. The van der Waals surface area contributed by atoms with E-state index in [-0.39, 0.29) is 5.56 Å². The van der Waals surface area contributed by atoms with Crippen LogP contribution in [0.2, 0.25) is 0 Å². The highest BCUT2D eigenvalue weighted by Gasteiger charge is 2.23. The number of hydrogen-bond acceptors (Lipinski definition) is 5. The summed E-state index contributed by atoms with van der Waals surface area (Å²) < 4.78 is 5.45. The molecule has 28 heavy (non-hydrogen) atoms. The van der Waals surface area contributed by atoms with Gasteiger partial charge in [-0.05, 0) is 49.3 Å². The molecule has 1 aliphatic carbocycles. The van der Waals surface area contributed by atoms with E-state index in [4.69, 9.17) is 4.42 Å². The number of amides is 1. The van der Waals surface area contributed by atoms with Crippen LogP contribution in [0.5, 0.6) is 0 Å². The zero-order valence-corrected chi connectivity index (χ0v) is 16.0. The Morgan fingerprint density at radius 2 is 2.18 bits per heavy atom. The molecule has 0 bridgehead atoms. The van der Waals surface area contributed by atoms with E-state index in [0.717, 1.165) is 41.7 Å². The average Bonchev–Trinajstić information content (AvgIpc) is 3.05. The number of fused-ring (bicyclic) bond motifs is 2. The molecule has 0 aliphatic heterocycles. The number of nitrogens with one attached hydrogen (secondary N) is 1. The Morgan fingerprint density at radius 1 is 1.36 bits per heavy atom. The summed E-state index contributed by atoms with van der Waals surface area (Å²) in [4.78, 5) is 26.4. The predicted molar refractivity (Wildman–Crippen MR) is 110 cm³/mol. The molecule has 1 aromatic carbocycles. The summed E-state index contributed by atoms with van der Waals surface area (Å²) in [6.07, 6.45) is 6.22. The minimum absolute atomic E-state index is 0.0708. The zero-order valence-electron chi connectivity index (χ0n) is 15.2. The molecular formula is C22H18N2O3S. The Balaban J connectivity index is 1.71. The van der Waals surface area contributed by atoms with Crippen molar-refractivity contribution in [3.05, 3.63) is 74.5 Å². The van der Waals surface area contributed by atoms with Crippen LogP contribution in [0.15, 0.2) is 46.1 Å². The van der Waals surface area contributed by atoms with Crippen molar-refractivity contribution in [3.8, 4) is 6.07 Å². The van der Waals surface area contributed by atoms with E-state index in [1.807, 2.05) is 12.1 Å². The third-order valence-corrected chi connectivity index (χ3v) is 6.17. The van der Waals surface area contributed by atoms with Crippen molar-refractivity contribution in [2.75, 3.05) is 5.32 Å². The Bertz CT molecular complexity index is 1200. The molecule has 0 saturated carbocycles. The van der Waals surface area contributed by atoms with Crippen LogP contribution in [-0.4, -0.2) is 5.91 Å². The fourth-order valence-electron chi connectivity index (χ4n) is 3.62. The third-order valence-electron chi connectivity index (χ3n) is 4.96. The van der Waals surface area contributed by atoms with Crippen molar-refractivity contribution in [2.24, 2.45) is 0 Å². The molecule has 1 amide bonds. The minimum Gasteiger partial charge on any atom is -0.422 e. The fourth-order valence-corrected chi connectivity index (χ4v) is 4.86. The fraction of sp³-hybridized carbons (Fsp3) is 0.227. The van der Waals surface area contributed by atoms with Crippen LogP contribution >= 0.6 is 11.3 Å². The van der Waals surface area contributed by atoms with Crippen molar-refractivity contribution in [1.82, 2.24) is 0 Å². The Morgan fingerprint density at radius 3 is 2.96 bits per heavy atom. The smallest absolute Gasteiger partial charge is 0.349 e. The molecule has 1 aliphatic rings. The Labute approximate surface area is 165 Å². The molecule has 0 fully saturated rings. The minimum atomic E-state index is -0.693. The van der Waals surface area contributed by atoms with Crippen LogP contribution in [0, 0.1) is 11.3 Å². The summed E-state index contributed by atoms with van der Waals surface area (Å²) in [7, 11) is 0. The number of allylic oxidation sites excluding steroid dienone is 1. The van der Waals surface area contributed by atoms with Gasteiger partial charge in [-0.1, -0.05) is 24.3 Å². The first-order chi connectivity index (χ1) is 13.6. The van der Waals surface area contributed by atoms with E-state index in [9.17, 15) is 14.9 Å². The van der Waals surface area contributed by atoms with Gasteiger partial charge in [-0.3, -0.25) is 4.79 Å². The number of nitrogens with zero attached hydrogens (tertiary/aromatic N) is 1. The monoisotopic (exact) mass is 390 g/mol. The van der Waals surface area contributed by atoms with Gasteiger partial charge >= 0.3 is 5.63 Å². The van der Waals surface area contributed by atoms with E-state index in [1.165, 1.54) is 11.3 Å². The summed E-state index contributed by atoms with van der Waals surface area (Å²) in [5.74, 6) is -0.556. The second-order valence-electron chi connectivity index (χ2n) is 6.76. The van der Waals surface area contributed by atoms with Crippen molar-refractivity contribution in [2.45, 2.75) is 32.1 Å². The normalized spacial score (nSPS) is 13.0. The number of anilines is 1. The standard InChI is InChI=1S/C22H18N2O3S/c1-2-6-13-7-5-8-14-11-16(22(26)27-19(13)14)20(25)24-21-17(12-23)15-9-3-4-10-18(15)28-21/h2,5,7-8,11H,1,3-4,6,9-10H2,(H,24,25). The van der Waals surface area contributed by atoms with Gasteiger partial charge in [0.25, 0.3) is 5.91 Å². The lowest BCUT2D eigenvalue weighted by molar-refractivity contribution is 0.102.